The van der Waals surface area contributed by atoms with E-state index in [1.165, 1.54) is 0 Å². The molecule has 0 spiro atoms. The number of likely N-dealkylation sites (N-methyl/N-ethyl adjacent to an activating group) is 1. The highest BCUT2D eigenvalue weighted by Crippen LogP contribution is 1.90. The molecule has 76 valence electrons. The van der Waals surface area contributed by atoms with Gasteiger partial charge < -0.3 is 10.6 Å². The first-order valence-electron chi connectivity index (χ1n) is 4.78. The maximum Gasteiger partial charge on any atom is 0.309 e. The number of unbranched alkanes of at least 4 members (excludes halogenated alkanes) is 2. The van der Waals surface area contributed by atoms with Gasteiger partial charge in [-0.15, -0.1) is 0 Å². The average Bonchev–Trinajstić information content (AvgIpc) is 2.12. The number of hydrogen-bond acceptors (Lipinski definition) is 2. The quantitative estimate of drug-likeness (QED) is 0.483. The third-order valence-electron chi connectivity index (χ3n) is 1.61. The molecule has 2 N–H and O–H groups in total. The molecule has 0 aromatic rings. The lowest BCUT2D eigenvalue weighted by Crippen LogP contribution is -2.40. The van der Waals surface area contributed by atoms with Crippen LogP contribution in [0.2, 0.25) is 0 Å². The van der Waals surface area contributed by atoms with Crippen molar-refractivity contribution >= 4 is 11.8 Å². The fraction of sp³-hybridized carbons (Fsp3) is 0.778. The largest absolute Gasteiger partial charge is 0.348 e. The molecule has 0 radical (unpaired) electrons. The molecule has 13 heavy (non-hydrogen) atoms. The molecule has 4 nitrogen and oxygen atoms in total. The van der Waals surface area contributed by atoms with Crippen molar-refractivity contribution < 1.29 is 9.59 Å². The van der Waals surface area contributed by atoms with Gasteiger partial charge in [0.2, 0.25) is 0 Å². The van der Waals surface area contributed by atoms with Gasteiger partial charge in [-0.3, -0.25) is 9.59 Å². The second-order valence-electron chi connectivity index (χ2n) is 2.82. The molecule has 0 heterocycles. The Labute approximate surface area is 79.1 Å². The second-order valence-corrected chi connectivity index (χ2v) is 2.82. The SMILES string of the molecule is CCCCCNC(=O)C(=O)NCC. The summed E-state index contributed by atoms with van der Waals surface area (Å²) in [4.78, 5) is 21.9. The van der Waals surface area contributed by atoms with Crippen LogP contribution in [0.3, 0.4) is 0 Å². The molecular formula is C9H18N2O2. The lowest BCUT2D eigenvalue weighted by molar-refractivity contribution is -0.139. The first-order chi connectivity index (χ1) is 6.22. The van der Waals surface area contributed by atoms with Crippen molar-refractivity contribution in [3.05, 3.63) is 0 Å². The van der Waals surface area contributed by atoms with Crippen LogP contribution in [0.4, 0.5) is 0 Å². The number of carbonyl (C=O) groups is 2. The van der Waals surface area contributed by atoms with Crippen LogP contribution in [0, 0.1) is 0 Å². The van der Waals surface area contributed by atoms with E-state index in [0.717, 1.165) is 19.3 Å². The van der Waals surface area contributed by atoms with Gasteiger partial charge in [0.15, 0.2) is 0 Å². The van der Waals surface area contributed by atoms with Crippen molar-refractivity contribution in [2.45, 2.75) is 33.1 Å². The van der Waals surface area contributed by atoms with Crippen molar-refractivity contribution in [2.24, 2.45) is 0 Å². The standard InChI is InChI=1S/C9H18N2O2/c1-3-5-6-7-11-9(13)8(12)10-4-2/h3-7H2,1-2H3,(H,10,12)(H,11,13). The molecule has 0 aliphatic rings. The molecule has 0 fully saturated rings. The number of carbonyl (C=O) groups excluding carboxylic acids is 2. The number of nitrogens with one attached hydrogen (secondary N) is 2. The van der Waals surface area contributed by atoms with E-state index in [9.17, 15) is 9.59 Å². The molecule has 4 heteroatoms. The van der Waals surface area contributed by atoms with E-state index in [1.54, 1.807) is 6.92 Å². The molecule has 0 saturated heterocycles. The molecule has 0 bridgehead atoms. The van der Waals surface area contributed by atoms with Crippen LogP contribution in [-0.4, -0.2) is 24.9 Å². The predicted molar refractivity (Wildman–Crippen MR) is 51.2 cm³/mol. The molecule has 0 aliphatic heterocycles. The molecule has 0 aromatic heterocycles. The minimum absolute atomic E-state index is 0.487. The zero-order valence-electron chi connectivity index (χ0n) is 8.35. The predicted octanol–water partition coefficient (Wildman–Crippen LogP) is 0.429. The van der Waals surface area contributed by atoms with Gasteiger partial charge >= 0.3 is 11.8 Å². The van der Waals surface area contributed by atoms with Gasteiger partial charge in [0.1, 0.15) is 0 Å². The Morgan fingerprint density at radius 1 is 1.00 bits per heavy atom. The molecule has 2 amide bonds. The zero-order valence-corrected chi connectivity index (χ0v) is 8.35. The number of rotatable bonds is 5. The summed E-state index contributed by atoms with van der Waals surface area (Å²) in [6, 6.07) is 0. The summed E-state index contributed by atoms with van der Waals surface area (Å²) in [5, 5.41) is 4.99. The third-order valence-corrected chi connectivity index (χ3v) is 1.61. The Kier molecular flexibility index (Phi) is 6.96. The Morgan fingerprint density at radius 2 is 1.62 bits per heavy atom. The third kappa shape index (κ3) is 6.13. The van der Waals surface area contributed by atoms with Gasteiger partial charge in [-0.05, 0) is 13.3 Å². The molecule has 0 rings (SSSR count). The lowest BCUT2D eigenvalue weighted by atomic mass is 10.2. The highest BCUT2D eigenvalue weighted by atomic mass is 16.2. The molecular weight excluding hydrogens is 168 g/mol. The minimum atomic E-state index is -0.543. The molecule has 0 aliphatic carbocycles. The van der Waals surface area contributed by atoms with E-state index >= 15 is 0 Å². The van der Waals surface area contributed by atoms with E-state index in [4.69, 9.17) is 0 Å². The highest BCUT2D eigenvalue weighted by molar-refractivity contribution is 6.35. The van der Waals surface area contributed by atoms with Crippen LogP contribution >= 0.6 is 0 Å². The zero-order chi connectivity index (χ0) is 10.1. The van der Waals surface area contributed by atoms with E-state index in [-0.39, 0.29) is 0 Å². The molecule has 0 unspecified atom stereocenters. The Bertz CT molecular complexity index is 169. The average molecular weight is 186 g/mol. The van der Waals surface area contributed by atoms with Gasteiger partial charge in [-0.2, -0.15) is 0 Å². The van der Waals surface area contributed by atoms with E-state index in [2.05, 4.69) is 17.6 Å². The molecule has 0 saturated carbocycles. The maximum atomic E-state index is 11.0. The van der Waals surface area contributed by atoms with Gasteiger partial charge in [0.05, 0.1) is 0 Å². The van der Waals surface area contributed by atoms with Crippen molar-refractivity contribution in [1.29, 1.82) is 0 Å². The summed E-state index contributed by atoms with van der Waals surface area (Å²) in [5.74, 6) is -1.07. The van der Waals surface area contributed by atoms with Crippen LogP contribution in [0.1, 0.15) is 33.1 Å². The van der Waals surface area contributed by atoms with Crippen LogP contribution in [0.25, 0.3) is 0 Å². The lowest BCUT2D eigenvalue weighted by Gasteiger charge is -2.03. The summed E-state index contributed by atoms with van der Waals surface area (Å²) in [6.07, 6.45) is 3.12. The van der Waals surface area contributed by atoms with Crippen LogP contribution < -0.4 is 10.6 Å². The molecule has 0 aromatic carbocycles. The second kappa shape index (κ2) is 7.58. The van der Waals surface area contributed by atoms with E-state index < -0.39 is 11.8 Å². The van der Waals surface area contributed by atoms with Crippen molar-refractivity contribution in [3.8, 4) is 0 Å². The monoisotopic (exact) mass is 186 g/mol. The Morgan fingerprint density at radius 3 is 2.15 bits per heavy atom. The van der Waals surface area contributed by atoms with Crippen molar-refractivity contribution in [2.75, 3.05) is 13.1 Å². The first-order valence-corrected chi connectivity index (χ1v) is 4.78. The summed E-state index contributed by atoms with van der Waals surface area (Å²) in [7, 11) is 0. The van der Waals surface area contributed by atoms with Crippen LogP contribution in [0.5, 0.6) is 0 Å². The van der Waals surface area contributed by atoms with Gasteiger partial charge in [-0.25, -0.2) is 0 Å². The van der Waals surface area contributed by atoms with Crippen LogP contribution in [0.15, 0.2) is 0 Å². The fourth-order valence-electron chi connectivity index (χ4n) is 0.898. The fourth-order valence-corrected chi connectivity index (χ4v) is 0.898. The summed E-state index contributed by atoms with van der Waals surface area (Å²) in [5.41, 5.74) is 0. The van der Waals surface area contributed by atoms with Crippen molar-refractivity contribution in [3.63, 3.8) is 0 Å². The van der Waals surface area contributed by atoms with Crippen LogP contribution in [-0.2, 0) is 9.59 Å². The summed E-state index contributed by atoms with van der Waals surface area (Å²) >= 11 is 0. The smallest absolute Gasteiger partial charge is 0.309 e. The van der Waals surface area contributed by atoms with E-state index in [1.807, 2.05) is 0 Å². The maximum absolute atomic E-state index is 11.0. The highest BCUT2D eigenvalue weighted by Gasteiger charge is 2.09. The molecule has 0 atom stereocenters. The minimum Gasteiger partial charge on any atom is -0.348 e. The number of amides is 2. The Balaban J connectivity index is 3.44. The summed E-state index contributed by atoms with van der Waals surface area (Å²) < 4.78 is 0. The van der Waals surface area contributed by atoms with E-state index in [0.29, 0.717) is 13.1 Å². The van der Waals surface area contributed by atoms with Gasteiger partial charge in [0, 0.05) is 13.1 Å². The topological polar surface area (TPSA) is 58.2 Å². The van der Waals surface area contributed by atoms with Gasteiger partial charge in [0.25, 0.3) is 0 Å². The van der Waals surface area contributed by atoms with Gasteiger partial charge in [-0.1, -0.05) is 19.8 Å². The van der Waals surface area contributed by atoms with Crippen molar-refractivity contribution in [1.82, 2.24) is 10.6 Å². The Hall–Kier alpha value is -1.06. The summed E-state index contributed by atoms with van der Waals surface area (Å²) in [6.45, 7) is 4.94. The number of hydrogen-bond donors (Lipinski definition) is 2. The normalized spacial score (nSPS) is 9.38. The first kappa shape index (κ1) is 11.9.